The molecule has 4 rings (SSSR count). The van der Waals surface area contributed by atoms with E-state index in [-0.39, 0.29) is 11.7 Å². The maximum Gasteiger partial charge on any atom is 0.338 e. The largest absolute Gasteiger partial charge is 0.508 e. The summed E-state index contributed by atoms with van der Waals surface area (Å²) in [5.74, 6) is -0.0832. The van der Waals surface area contributed by atoms with Crippen LogP contribution in [0.1, 0.15) is 17.3 Å². The lowest BCUT2D eigenvalue weighted by Crippen LogP contribution is -2.03. The van der Waals surface area contributed by atoms with E-state index in [1.165, 1.54) is 11.3 Å². The summed E-state index contributed by atoms with van der Waals surface area (Å²) < 4.78 is 7.89. The maximum atomic E-state index is 11.8. The summed E-state index contributed by atoms with van der Waals surface area (Å²) in [6.07, 6.45) is 3.90. The van der Waals surface area contributed by atoms with Crippen LogP contribution in [0, 0.1) is 0 Å². The minimum atomic E-state index is -0.323. The van der Waals surface area contributed by atoms with Gasteiger partial charge >= 0.3 is 5.97 Å². The maximum absolute atomic E-state index is 11.8. The molecule has 0 atom stereocenters. The van der Waals surface area contributed by atoms with E-state index in [2.05, 4.69) is 4.98 Å². The highest BCUT2D eigenvalue weighted by molar-refractivity contribution is 7.20. The lowest BCUT2D eigenvalue weighted by Gasteiger charge is -2.00. The number of ether oxygens (including phenoxy) is 1. The fourth-order valence-corrected chi connectivity index (χ4v) is 3.56. The number of rotatable bonds is 3. The number of aromatic nitrogens is 2. The number of nitrogens with zero attached hydrogens (tertiary/aromatic N) is 2. The van der Waals surface area contributed by atoms with Crippen LogP contribution in [0.4, 0.5) is 0 Å². The molecule has 4 aromatic rings. The van der Waals surface area contributed by atoms with Crippen LogP contribution in [0.3, 0.4) is 0 Å². The monoisotopic (exact) mass is 338 g/mol. The van der Waals surface area contributed by atoms with Crippen LogP contribution in [0.15, 0.2) is 48.8 Å². The second-order valence-electron chi connectivity index (χ2n) is 5.38. The zero-order chi connectivity index (χ0) is 16.7. The van der Waals surface area contributed by atoms with E-state index in [0.29, 0.717) is 12.2 Å². The molecule has 0 fully saturated rings. The molecule has 1 N–H and O–H groups in total. The quantitative estimate of drug-likeness (QED) is 0.571. The normalized spacial score (nSPS) is 11.2. The number of hydrogen-bond donors (Lipinski definition) is 1. The van der Waals surface area contributed by atoms with Crippen molar-refractivity contribution >= 4 is 38.3 Å². The number of esters is 1. The average Bonchev–Trinajstić information content (AvgIpc) is 3.17. The number of benzene rings is 2. The van der Waals surface area contributed by atoms with E-state index < -0.39 is 0 Å². The number of phenols is 1. The molecule has 0 spiro atoms. The molecular weight excluding hydrogens is 324 g/mol. The molecule has 0 unspecified atom stereocenters. The molecule has 2 aromatic carbocycles. The van der Waals surface area contributed by atoms with Gasteiger partial charge in [0.25, 0.3) is 0 Å². The van der Waals surface area contributed by atoms with Crippen LogP contribution in [-0.2, 0) is 4.74 Å². The van der Waals surface area contributed by atoms with Crippen molar-refractivity contribution in [2.24, 2.45) is 0 Å². The fourth-order valence-electron chi connectivity index (χ4n) is 2.60. The topological polar surface area (TPSA) is 64.3 Å². The van der Waals surface area contributed by atoms with Crippen molar-refractivity contribution in [1.82, 2.24) is 9.55 Å². The highest BCUT2D eigenvalue weighted by Crippen LogP contribution is 2.29. The molecule has 0 saturated carbocycles. The first-order valence-electron chi connectivity index (χ1n) is 7.53. The molecule has 0 aliphatic heterocycles. The van der Waals surface area contributed by atoms with Gasteiger partial charge in [-0.3, -0.25) is 4.57 Å². The molecule has 0 bridgehead atoms. The molecule has 5 nitrogen and oxygen atoms in total. The van der Waals surface area contributed by atoms with Gasteiger partial charge in [0.2, 0.25) is 0 Å². The van der Waals surface area contributed by atoms with E-state index in [0.717, 1.165) is 26.1 Å². The Hall–Kier alpha value is -2.86. The van der Waals surface area contributed by atoms with Gasteiger partial charge in [0.15, 0.2) is 5.13 Å². The molecule has 24 heavy (non-hydrogen) atoms. The van der Waals surface area contributed by atoms with Crippen molar-refractivity contribution in [2.75, 3.05) is 6.61 Å². The summed E-state index contributed by atoms with van der Waals surface area (Å²) in [6, 6.07) is 10.6. The molecule has 120 valence electrons. The molecule has 0 aliphatic rings. The average molecular weight is 338 g/mol. The van der Waals surface area contributed by atoms with Crippen LogP contribution >= 0.6 is 11.3 Å². The molecule has 0 saturated heterocycles. The summed E-state index contributed by atoms with van der Waals surface area (Å²) in [6.45, 7) is 2.14. The standard InChI is InChI=1S/C18H14N2O3S/c1-2-23-17(22)11-4-6-15-16(8-11)24-18(19-15)20-9-12-3-5-14(21)7-13(12)10-20/h3-10,21H,2H2,1H3. The van der Waals surface area contributed by atoms with Gasteiger partial charge in [-0.2, -0.15) is 0 Å². The van der Waals surface area contributed by atoms with E-state index in [4.69, 9.17) is 4.74 Å². The van der Waals surface area contributed by atoms with Crippen LogP contribution < -0.4 is 0 Å². The molecule has 6 heteroatoms. The fraction of sp³-hybridized carbons (Fsp3) is 0.111. The summed E-state index contributed by atoms with van der Waals surface area (Å²) in [7, 11) is 0. The smallest absolute Gasteiger partial charge is 0.338 e. The predicted octanol–water partition coefficient (Wildman–Crippen LogP) is 4.12. The SMILES string of the molecule is CCOC(=O)c1ccc2nc(-n3cc4ccc(O)cc4c3)sc2c1. The molecule has 0 aliphatic carbocycles. The number of carbonyl (C=O) groups is 1. The molecule has 0 amide bonds. The molecule has 2 heterocycles. The van der Waals surface area contributed by atoms with Crippen molar-refractivity contribution < 1.29 is 14.6 Å². The van der Waals surface area contributed by atoms with Gasteiger partial charge in [0.1, 0.15) is 5.75 Å². The van der Waals surface area contributed by atoms with Crippen LogP contribution in [-0.4, -0.2) is 27.2 Å². The Labute approximate surface area is 141 Å². The third kappa shape index (κ3) is 2.51. The number of hydrogen-bond acceptors (Lipinski definition) is 5. The minimum absolute atomic E-state index is 0.239. The van der Waals surface area contributed by atoms with E-state index in [1.54, 1.807) is 25.1 Å². The predicted molar refractivity (Wildman–Crippen MR) is 94.1 cm³/mol. The van der Waals surface area contributed by atoms with Crippen molar-refractivity contribution in [3.8, 4) is 10.9 Å². The van der Waals surface area contributed by atoms with Crippen LogP contribution in [0.2, 0.25) is 0 Å². The van der Waals surface area contributed by atoms with Gasteiger partial charge in [-0.05, 0) is 43.3 Å². The van der Waals surface area contributed by atoms with Gasteiger partial charge in [0.05, 0.1) is 22.4 Å². The number of phenolic OH excluding ortho intramolecular Hbond substituents is 1. The Balaban J connectivity index is 1.77. The summed E-state index contributed by atoms with van der Waals surface area (Å²) in [5.41, 5.74) is 1.37. The number of carbonyl (C=O) groups excluding carboxylic acids is 1. The Morgan fingerprint density at radius 2 is 2.04 bits per heavy atom. The van der Waals surface area contributed by atoms with Gasteiger partial charge < -0.3 is 9.84 Å². The molecular formula is C18H14N2O3S. The van der Waals surface area contributed by atoms with Gasteiger partial charge in [0, 0.05) is 23.2 Å². The Kier molecular flexibility index (Phi) is 3.46. The van der Waals surface area contributed by atoms with Crippen molar-refractivity contribution in [2.45, 2.75) is 6.92 Å². The Morgan fingerprint density at radius 3 is 2.88 bits per heavy atom. The van der Waals surface area contributed by atoms with E-state index in [1.807, 2.05) is 35.2 Å². The van der Waals surface area contributed by atoms with Gasteiger partial charge in [-0.1, -0.05) is 11.3 Å². The molecule has 2 aromatic heterocycles. The van der Waals surface area contributed by atoms with Gasteiger partial charge in [-0.25, -0.2) is 9.78 Å². The number of thiazole rings is 1. The van der Waals surface area contributed by atoms with E-state index >= 15 is 0 Å². The Bertz CT molecular complexity index is 1060. The highest BCUT2D eigenvalue weighted by atomic mass is 32.1. The lowest BCUT2D eigenvalue weighted by molar-refractivity contribution is 0.0526. The number of fused-ring (bicyclic) bond motifs is 2. The first-order valence-corrected chi connectivity index (χ1v) is 8.34. The third-order valence-corrected chi connectivity index (χ3v) is 4.77. The van der Waals surface area contributed by atoms with Crippen molar-refractivity contribution in [1.29, 1.82) is 0 Å². The van der Waals surface area contributed by atoms with Crippen molar-refractivity contribution in [3.63, 3.8) is 0 Å². The minimum Gasteiger partial charge on any atom is -0.508 e. The summed E-state index contributed by atoms with van der Waals surface area (Å²) >= 11 is 1.50. The third-order valence-electron chi connectivity index (χ3n) is 3.74. The van der Waals surface area contributed by atoms with Crippen LogP contribution in [0.25, 0.3) is 26.1 Å². The highest BCUT2D eigenvalue weighted by Gasteiger charge is 2.11. The van der Waals surface area contributed by atoms with E-state index in [9.17, 15) is 9.90 Å². The zero-order valence-corrected chi connectivity index (χ0v) is 13.7. The number of aromatic hydroxyl groups is 1. The zero-order valence-electron chi connectivity index (χ0n) is 12.9. The summed E-state index contributed by atoms with van der Waals surface area (Å²) in [5, 5.41) is 12.4. The molecule has 0 radical (unpaired) electrons. The van der Waals surface area contributed by atoms with Crippen molar-refractivity contribution in [3.05, 3.63) is 54.4 Å². The summed E-state index contributed by atoms with van der Waals surface area (Å²) in [4.78, 5) is 16.5. The van der Waals surface area contributed by atoms with Crippen LogP contribution in [0.5, 0.6) is 5.75 Å². The lowest BCUT2D eigenvalue weighted by atomic mass is 10.2. The second-order valence-corrected chi connectivity index (χ2v) is 6.39. The second kappa shape index (κ2) is 5.65. The first kappa shape index (κ1) is 14.7. The first-order chi connectivity index (χ1) is 11.6. The van der Waals surface area contributed by atoms with Gasteiger partial charge in [-0.15, -0.1) is 0 Å². The Morgan fingerprint density at radius 1 is 1.21 bits per heavy atom.